The van der Waals surface area contributed by atoms with Gasteiger partial charge in [-0.25, -0.2) is 13.6 Å². The van der Waals surface area contributed by atoms with Gasteiger partial charge in [-0.2, -0.15) is 0 Å². The van der Waals surface area contributed by atoms with Crippen molar-refractivity contribution in [1.29, 1.82) is 0 Å². The molecule has 1 saturated heterocycles. The van der Waals surface area contributed by atoms with Crippen molar-refractivity contribution in [3.8, 4) is 0 Å². The maximum atomic E-state index is 13.5. The van der Waals surface area contributed by atoms with Crippen LogP contribution in [0.15, 0.2) is 18.2 Å². The summed E-state index contributed by atoms with van der Waals surface area (Å²) in [5.41, 5.74) is -0.834. The van der Waals surface area contributed by atoms with Crippen LogP contribution in [0.25, 0.3) is 0 Å². The summed E-state index contributed by atoms with van der Waals surface area (Å²) in [6.45, 7) is 6.68. The van der Waals surface area contributed by atoms with Crippen LogP contribution in [-0.4, -0.2) is 70.9 Å². The molecule has 9 nitrogen and oxygen atoms in total. The zero-order valence-corrected chi connectivity index (χ0v) is 17.9. The smallest absolute Gasteiger partial charge is 0.410 e. The minimum atomic E-state index is -1.70. The third-order valence-corrected chi connectivity index (χ3v) is 4.61. The largest absolute Gasteiger partial charge is 0.444 e. The Morgan fingerprint density at radius 2 is 1.97 bits per heavy atom. The Balaban J connectivity index is 2.27. The quantitative estimate of drug-likeness (QED) is 0.506. The summed E-state index contributed by atoms with van der Waals surface area (Å²) in [4.78, 5) is 24.8. The van der Waals surface area contributed by atoms with Crippen molar-refractivity contribution in [1.82, 2.24) is 4.90 Å². The van der Waals surface area contributed by atoms with Crippen LogP contribution in [0.2, 0.25) is 0 Å². The van der Waals surface area contributed by atoms with E-state index in [4.69, 9.17) is 14.2 Å². The van der Waals surface area contributed by atoms with Crippen molar-refractivity contribution < 1.29 is 37.8 Å². The van der Waals surface area contributed by atoms with Crippen LogP contribution in [0, 0.1) is 21.7 Å². The van der Waals surface area contributed by atoms with Crippen molar-refractivity contribution in [2.75, 3.05) is 19.8 Å². The monoisotopic (exact) mass is 446 g/mol. The molecule has 31 heavy (non-hydrogen) atoms. The number of nitrogens with zero attached hydrogens (tertiary/aromatic N) is 2. The number of hydrogen-bond acceptors (Lipinski definition) is 7. The molecule has 1 aliphatic heterocycles. The molecule has 1 N–H and O–H groups in total. The van der Waals surface area contributed by atoms with Crippen LogP contribution in [0.4, 0.5) is 13.6 Å². The molecule has 1 fully saturated rings. The first-order valence-corrected chi connectivity index (χ1v) is 9.90. The average Bonchev–Trinajstić information content (AvgIpc) is 2.63. The minimum absolute atomic E-state index is 0.00555. The SMILES string of the molecule is CCO[C@@H]1CN(C(=O)OC(C)(C)C)[C@@H]([C@@H](O)[C@H](Cc2cc(F)cc(F)c2)[N+](=O)[O-])CO1. The van der Waals surface area contributed by atoms with Gasteiger partial charge in [-0.3, -0.25) is 15.0 Å². The van der Waals surface area contributed by atoms with Crippen LogP contribution in [0.3, 0.4) is 0 Å². The number of hydrogen-bond donors (Lipinski definition) is 1. The molecule has 1 heterocycles. The summed E-state index contributed by atoms with van der Waals surface area (Å²) in [6, 6.07) is -0.210. The van der Waals surface area contributed by atoms with Gasteiger partial charge in [0.1, 0.15) is 23.3 Å². The number of amides is 1. The Kier molecular flexibility index (Phi) is 8.27. The molecule has 0 spiro atoms. The Bertz CT molecular complexity index is 767. The molecule has 0 bridgehead atoms. The number of carbonyl (C=O) groups excluding carboxylic acids is 1. The van der Waals surface area contributed by atoms with Crippen molar-refractivity contribution in [2.24, 2.45) is 0 Å². The standard InChI is InChI=1S/C20H28F2N2O7/c1-5-29-17-10-23(19(26)31-20(2,3)4)16(11-30-17)18(25)15(24(27)28)8-12-6-13(21)9-14(22)7-12/h6-7,9,15-18,25H,5,8,10-11H2,1-4H3/t15-,16+,17-,18-/m0/s1. The van der Waals surface area contributed by atoms with Gasteiger partial charge in [-0.1, -0.05) is 0 Å². The highest BCUT2D eigenvalue weighted by molar-refractivity contribution is 5.69. The number of halogens is 2. The highest BCUT2D eigenvalue weighted by Gasteiger charge is 2.45. The molecule has 0 aliphatic carbocycles. The van der Waals surface area contributed by atoms with E-state index < -0.39 is 59.2 Å². The molecular formula is C20H28F2N2O7. The topological polar surface area (TPSA) is 111 Å². The molecule has 2 rings (SSSR count). The third-order valence-electron chi connectivity index (χ3n) is 4.61. The lowest BCUT2D eigenvalue weighted by Gasteiger charge is -2.41. The normalized spacial score (nSPS) is 21.5. The van der Waals surface area contributed by atoms with Gasteiger partial charge in [0.05, 0.1) is 19.2 Å². The molecule has 4 atom stereocenters. The van der Waals surface area contributed by atoms with E-state index in [1.165, 1.54) is 0 Å². The van der Waals surface area contributed by atoms with Gasteiger partial charge in [0.25, 0.3) is 0 Å². The molecule has 1 aromatic rings. The van der Waals surface area contributed by atoms with E-state index >= 15 is 0 Å². The Labute approximate surface area is 179 Å². The Morgan fingerprint density at radius 1 is 1.35 bits per heavy atom. The zero-order chi connectivity index (χ0) is 23.3. The van der Waals surface area contributed by atoms with Crippen molar-refractivity contribution in [2.45, 2.75) is 64.2 Å². The molecule has 1 aliphatic rings. The van der Waals surface area contributed by atoms with Gasteiger partial charge >= 0.3 is 6.09 Å². The first-order valence-electron chi connectivity index (χ1n) is 9.90. The lowest BCUT2D eigenvalue weighted by Crippen LogP contribution is -2.61. The highest BCUT2D eigenvalue weighted by atomic mass is 19.1. The summed E-state index contributed by atoms with van der Waals surface area (Å²) in [5, 5.41) is 22.5. The molecule has 0 unspecified atom stereocenters. The van der Waals surface area contributed by atoms with Gasteiger partial charge in [-0.05, 0) is 45.4 Å². The van der Waals surface area contributed by atoms with E-state index in [9.17, 15) is 28.8 Å². The van der Waals surface area contributed by atoms with Crippen molar-refractivity contribution in [3.05, 3.63) is 45.5 Å². The molecule has 174 valence electrons. The lowest BCUT2D eigenvalue weighted by atomic mass is 9.95. The maximum absolute atomic E-state index is 13.5. The zero-order valence-electron chi connectivity index (χ0n) is 17.9. The molecular weight excluding hydrogens is 418 g/mol. The number of nitro groups is 1. The number of rotatable bonds is 7. The summed E-state index contributed by atoms with van der Waals surface area (Å²) < 4.78 is 43.3. The maximum Gasteiger partial charge on any atom is 0.410 e. The van der Waals surface area contributed by atoms with Crippen LogP contribution in [-0.2, 0) is 20.6 Å². The molecule has 11 heteroatoms. The predicted octanol–water partition coefficient (Wildman–Crippen LogP) is 2.51. The minimum Gasteiger partial charge on any atom is -0.444 e. The van der Waals surface area contributed by atoms with Crippen molar-refractivity contribution >= 4 is 6.09 Å². The van der Waals surface area contributed by atoms with Gasteiger partial charge in [-0.15, -0.1) is 0 Å². The number of carbonyl (C=O) groups is 1. The Hall–Kier alpha value is -2.37. The fourth-order valence-corrected chi connectivity index (χ4v) is 3.29. The van der Waals surface area contributed by atoms with Gasteiger partial charge in [0, 0.05) is 24.0 Å². The van der Waals surface area contributed by atoms with Crippen LogP contribution < -0.4 is 0 Å². The molecule has 1 amide bonds. The van der Waals surface area contributed by atoms with E-state index in [1.807, 2.05) is 0 Å². The summed E-state index contributed by atoms with van der Waals surface area (Å²) in [7, 11) is 0. The number of aliphatic hydroxyl groups is 1. The second-order valence-electron chi connectivity index (χ2n) is 8.24. The number of benzene rings is 1. The summed E-state index contributed by atoms with van der Waals surface area (Å²) in [6.07, 6.45) is -3.72. The van der Waals surface area contributed by atoms with Gasteiger partial charge in [0.2, 0.25) is 6.04 Å². The van der Waals surface area contributed by atoms with Crippen molar-refractivity contribution in [3.63, 3.8) is 0 Å². The number of morpholine rings is 1. The highest BCUT2D eigenvalue weighted by Crippen LogP contribution is 2.23. The van der Waals surface area contributed by atoms with Crippen LogP contribution >= 0.6 is 0 Å². The Morgan fingerprint density at radius 3 is 2.48 bits per heavy atom. The molecule has 0 aromatic heterocycles. The lowest BCUT2D eigenvalue weighted by molar-refractivity contribution is -0.536. The molecule has 0 saturated carbocycles. The van der Waals surface area contributed by atoms with E-state index in [1.54, 1.807) is 27.7 Å². The summed E-state index contributed by atoms with van der Waals surface area (Å²) >= 11 is 0. The van der Waals surface area contributed by atoms with Crippen LogP contribution in [0.1, 0.15) is 33.3 Å². The van der Waals surface area contributed by atoms with Gasteiger partial charge < -0.3 is 19.3 Å². The predicted molar refractivity (Wildman–Crippen MR) is 105 cm³/mol. The second-order valence-corrected chi connectivity index (χ2v) is 8.24. The number of aliphatic hydroxyl groups excluding tert-OH is 1. The fraction of sp³-hybridized carbons (Fsp3) is 0.650. The van der Waals surface area contributed by atoms with Gasteiger partial charge in [0.15, 0.2) is 6.29 Å². The van der Waals surface area contributed by atoms with Crippen LogP contribution in [0.5, 0.6) is 0 Å². The third kappa shape index (κ3) is 7.08. The molecule has 1 aromatic carbocycles. The number of ether oxygens (including phenoxy) is 3. The van der Waals surface area contributed by atoms with E-state index in [-0.39, 0.29) is 18.7 Å². The first kappa shape index (κ1) is 24.9. The van der Waals surface area contributed by atoms with E-state index in [0.717, 1.165) is 17.0 Å². The second kappa shape index (κ2) is 10.3. The first-order chi connectivity index (χ1) is 14.4. The molecule has 0 radical (unpaired) electrons. The average molecular weight is 446 g/mol. The van der Waals surface area contributed by atoms with E-state index in [2.05, 4.69) is 0 Å². The summed E-state index contributed by atoms with van der Waals surface area (Å²) in [5.74, 6) is -1.77. The fourth-order valence-electron chi connectivity index (χ4n) is 3.29. The van der Waals surface area contributed by atoms with E-state index in [0.29, 0.717) is 12.7 Å².